The van der Waals surface area contributed by atoms with Crippen molar-refractivity contribution in [2.24, 2.45) is 13.0 Å². The monoisotopic (exact) mass is 294 g/mol. The molecule has 0 radical (unpaired) electrons. The number of aryl methyl sites for hydroxylation is 1. The zero-order valence-electron chi connectivity index (χ0n) is 12.0. The van der Waals surface area contributed by atoms with Gasteiger partial charge in [0.15, 0.2) is 5.16 Å². The Hall–Kier alpha value is -1.69. The summed E-state index contributed by atoms with van der Waals surface area (Å²) in [5, 5.41) is 9.47. The van der Waals surface area contributed by atoms with E-state index in [2.05, 4.69) is 4.98 Å². The van der Waals surface area contributed by atoms with Crippen molar-refractivity contribution in [3.05, 3.63) is 18.2 Å². The van der Waals surface area contributed by atoms with Crippen molar-refractivity contribution in [3.8, 4) is 5.75 Å². The fraction of sp³-hybridized carbons (Fsp3) is 0.429. The third kappa shape index (κ3) is 2.75. The summed E-state index contributed by atoms with van der Waals surface area (Å²) in [4.78, 5) is 15.8. The van der Waals surface area contributed by atoms with Gasteiger partial charge in [0, 0.05) is 13.1 Å². The van der Waals surface area contributed by atoms with Crippen LogP contribution in [0.1, 0.15) is 13.8 Å². The van der Waals surface area contributed by atoms with Crippen LogP contribution in [0, 0.1) is 5.92 Å². The van der Waals surface area contributed by atoms with E-state index in [1.165, 1.54) is 11.8 Å². The molecule has 108 valence electrons. The molecule has 2 rings (SSSR count). The SMILES string of the molecule is COc1ccc2c(c1)nc(SC(C(=O)O)C(C)C)n2C. The summed E-state index contributed by atoms with van der Waals surface area (Å²) in [6, 6.07) is 5.65. The van der Waals surface area contributed by atoms with Gasteiger partial charge in [0.25, 0.3) is 0 Å². The summed E-state index contributed by atoms with van der Waals surface area (Å²) in [6.07, 6.45) is 0. The molecule has 1 N–H and O–H groups in total. The van der Waals surface area contributed by atoms with Crippen molar-refractivity contribution in [3.63, 3.8) is 0 Å². The van der Waals surface area contributed by atoms with Crippen LogP contribution < -0.4 is 4.74 Å². The Morgan fingerprint density at radius 1 is 1.45 bits per heavy atom. The molecule has 0 aliphatic rings. The van der Waals surface area contributed by atoms with Crippen LogP contribution in [-0.4, -0.2) is 33.0 Å². The van der Waals surface area contributed by atoms with E-state index in [9.17, 15) is 9.90 Å². The number of thioether (sulfide) groups is 1. The number of carbonyl (C=O) groups is 1. The van der Waals surface area contributed by atoms with Crippen molar-refractivity contribution in [1.29, 1.82) is 0 Å². The highest BCUT2D eigenvalue weighted by Gasteiger charge is 2.25. The molecular weight excluding hydrogens is 276 g/mol. The topological polar surface area (TPSA) is 64.3 Å². The smallest absolute Gasteiger partial charge is 0.317 e. The first-order chi connectivity index (χ1) is 9.43. The van der Waals surface area contributed by atoms with E-state index in [0.29, 0.717) is 5.16 Å². The lowest BCUT2D eigenvalue weighted by molar-refractivity contribution is -0.137. The maximum Gasteiger partial charge on any atom is 0.317 e. The number of hydrogen-bond acceptors (Lipinski definition) is 4. The highest BCUT2D eigenvalue weighted by molar-refractivity contribution is 8.00. The quantitative estimate of drug-likeness (QED) is 0.859. The zero-order chi connectivity index (χ0) is 14.9. The number of methoxy groups -OCH3 is 1. The van der Waals surface area contributed by atoms with E-state index in [1.54, 1.807) is 7.11 Å². The summed E-state index contributed by atoms with van der Waals surface area (Å²) in [5.41, 5.74) is 1.77. The summed E-state index contributed by atoms with van der Waals surface area (Å²) in [7, 11) is 3.50. The number of nitrogens with zero attached hydrogens (tertiary/aromatic N) is 2. The normalized spacial score (nSPS) is 12.8. The number of benzene rings is 1. The maximum absolute atomic E-state index is 11.3. The second kappa shape index (κ2) is 5.75. The first kappa shape index (κ1) is 14.7. The van der Waals surface area contributed by atoms with E-state index >= 15 is 0 Å². The van der Waals surface area contributed by atoms with Crippen LogP contribution in [0.15, 0.2) is 23.4 Å². The second-order valence-corrected chi connectivity index (χ2v) is 6.04. The standard InChI is InChI=1S/C14H18N2O3S/c1-8(2)12(13(17)18)20-14-15-10-7-9(19-4)5-6-11(10)16(14)3/h5-8,12H,1-4H3,(H,17,18). The molecule has 0 fully saturated rings. The van der Waals surface area contributed by atoms with Gasteiger partial charge in [-0.2, -0.15) is 0 Å². The minimum absolute atomic E-state index is 0.0341. The molecule has 0 saturated heterocycles. The fourth-order valence-corrected chi connectivity index (χ4v) is 2.98. The molecule has 1 atom stereocenters. The molecule has 1 aromatic carbocycles. The molecule has 0 spiro atoms. The van der Waals surface area contributed by atoms with Crippen LogP contribution in [0.2, 0.25) is 0 Å². The Balaban J connectivity index is 2.39. The predicted octanol–water partition coefficient (Wildman–Crippen LogP) is 2.78. The third-order valence-electron chi connectivity index (χ3n) is 3.13. The molecule has 0 saturated carbocycles. The van der Waals surface area contributed by atoms with E-state index in [-0.39, 0.29) is 5.92 Å². The molecule has 0 aliphatic heterocycles. The molecule has 0 aliphatic carbocycles. The zero-order valence-corrected chi connectivity index (χ0v) is 12.8. The minimum atomic E-state index is -0.811. The van der Waals surface area contributed by atoms with Gasteiger partial charge in [-0.3, -0.25) is 4.79 Å². The van der Waals surface area contributed by atoms with Crippen LogP contribution in [0.5, 0.6) is 5.75 Å². The van der Waals surface area contributed by atoms with Gasteiger partial charge in [-0.25, -0.2) is 4.98 Å². The van der Waals surface area contributed by atoms with Crippen LogP contribution in [0.4, 0.5) is 0 Å². The van der Waals surface area contributed by atoms with Crippen molar-refractivity contribution in [1.82, 2.24) is 9.55 Å². The van der Waals surface area contributed by atoms with Crippen molar-refractivity contribution < 1.29 is 14.6 Å². The van der Waals surface area contributed by atoms with E-state index in [4.69, 9.17) is 4.74 Å². The Kier molecular flexibility index (Phi) is 4.23. The molecule has 1 aromatic heterocycles. The number of aromatic nitrogens is 2. The first-order valence-corrected chi connectivity index (χ1v) is 7.22. The summed E-state index contributed by atoms with van der Waals surface area (Å²) in [6.45, 7) is 3.80. The third-order valence-corrected chi connectivity index (χ3v) is 4.70. The Morgan fingerprint density at radius 3 is 2.70 bits per heavy atom. The summed E-state index contributed by atoms with van der Waals surface area (Å²) < 4.78 is 7.09. The first-order valence-electron chi connectivity index (χ1n) is 6.34. The van der Waals surface area contributed by atoms with Gasteiger partial charge >= 0.3 is 5.97 Å². The van der Waals surface area contributed by atoms with Gasteiger partial charge in [-0.05, 0) is 18.1 Å². The molecule has 1 heterocycles. The van der Waals surface area contributed by atoms with Crippen LogP contribution >= 0.6 is 11.8 Å². The maximum atomic E-state index is 11.3. The highest BCUT2D eigenvalue weighted by Crippen LogP contribution is 2.31. The number of ether oxygens (including phenoxy) is 1. The van der Waals surface area contributed by atoms with Crippen LogP contribution in [-0.2, 0) is 11.8 Å². The minimum Gasteiger partial charge on any atom is -0.497 e. The summed E-state index contributed by atoms with van der Waals surface area (Å²) >= 11 is 1.28. The molecule has 5 nitrogen and oxygen atoms in total. The van der Waals surface area contributed by atoms with Crippen molar-refractivity contribution in [2.45, 2.75) is 24.3 Å². The highest BCUT2D eigenvalue weighted by atomic mass is 32.2. The van der Waals surface area contributed by atoms with Crippen LogP contribution in [0.3, 0.4) is 0 Å². The molecule has 0 amide bonds. The van der Waals surface area contributed by atoms with Gasteiger partial charge in [0.2, 0.25) is 0 Å². The van der Waals surface area contributed by atoms with Crippen molar-refractivity contribution in [2.75, 3.05) is 7.11 Å². The average Bonchev–Trinajstić information content (AvgIpc) is 2.71. The number of rotatable bonds is 5. The van der Waals surface area contributed by atoms with Gasteiger partial charge in [-0.1, -0.05) is 25.6 Å². The Morgan fingerprint density at radius 2 is 2.15 bits per heavy atom. The molecule has 0 bridgehead atoms. The van der Waals surface area contributed by atoms with Gasteiger partial charge < -0.3 is 14.4 Å². The average molecular weight is 294 g/mol. The second-order valence-electron chi connectivity index (χ2n) is 4.93. The van der Waals surface area contributed by atoms with Gasteiger partial charge in [0.05, 0.1) is 18.1 Å². The Bertz CT molecular complexity index is 637. The lowest BCUT2D eigenvalue weighted by Gasteiger charge is -2.14. The number of fused-ring (bicyclic) bond motifs is 1. The van der Waals surface area contributed by atoms with E-state index in [0.717, 1.165) is 16.8 Å². The number of hydrogen-bond donors (Lipinski definition) is 1. The fourth-order valence-electron chi connectivity index (χ4n) is 1.98. The number of aliphatic carboxylic acids is 1. The Labute approximate surface area is 121 Å². The van der Waals surface area contributed by atoms with Gasteiger partial charge in [0.1, 0.15) is 11.0 Å². The molecule has 20 heavy (non-hydrogen) atoms. The van der Waals surface area contributed by atoms with Crippen molar-refractivity contribution >= 4 is 28.8 Å². The van der Waals surface area contributed by atoms with E-state index < -0.39 is 11.2 Å². The molecule has 2 aromatic rings. The van der Waals surface area contributed by atoms with Crippen LogP contribution in [0.25, 0.3) is 11.0 Å². The molecule has 6 heteroatoms. The lowest BCUT2D eigenvalue weighted by Crippen LogP contribution is -2.22. The molecular formula is C14H18N2O3S. The number of imidazole rings is 1. The number of carboxylic acids is 1. The van der Waals surface area contributed by atoms with Gasteiger partial charge in [-0.15, -0.1) is 0 Å². The molecule has 1 unspecified atom stereocenters. The predicted molar refractivity (Wildman–Crippen MR) is 79.4 cm³/mol. The summed E-state index contributed by atoms with van der Waals surface area (Å²) in [5.74, 6) is -0.0349. The van der Waals surface area contributed by atoms with E-state index in [1.807, 2.05) is 43.7 Å². The largest absolute Gasteiger partial charge is 0.497 e. The number of carboxylic acid groups (broad SMARTS) is 1. The lowest BCUT2D eigenvalue weighted by atomic mass is 10.1.